The normalized spacial score (nSPS) is 16.5. The minimum atomic E-state index is -0.735. The highest BCUT2D eigenvalue weighted by molar-refractivity contribution is 5.69. The van der Waals surface area contributed by atoms with Gasteiger partial charge in [-0.1, -0.05) is 44.2 Å². The average Bonchev–Trinajstić information content (AvgIpc) is 2.44. The van der Waals surface area contributed by atoms with Crippen LogP contribution in [0.1, 0.15) is 19.4 Å². The SMILES string of the molecule is CC.O=C(O)CN1CCN(Cc2ccccc2)CC1. The first kappa shape index (κ1) is 15.7. The minimum Gasteiger partial charge on any atom is -0.480 e. The first-order chi connectivity index (χ1) is 9.24. The first-order valence-electron chi connectivity index (χ1n) is 6.94. The second-order valence-corrected chi connectivity index (χ2v) is 4.43. The Bertz CT molecular complexity index is 360. The van der Waals surface area contributed by atoms with Crippen LogP contribution in [0.4, 0.5) is 0 Å². The molecule has 1 aliphatic heterocycles. The molecule has 1 heterocycles. The molecule has 0 saturated carbocycles. The van der Waals surface area contributed by atoms with Gasteiger partial charge in [-0.2, -0.15) is 0 Å². The Hall–Kier alpha value is -1.39. The minimum absolute atomic E-state index is 0.166. The van der Waals surface area contributed by atoms with Crippen LogP contribution in [0.5, 0.6) is 0 Å². The van der Waals surface area contributed by atoms with Gasteiger partial charge in [0.25, 0.3) is 0 Å². The van der Waals surface area contributed by atoms with E-state index in [2.05, 4.69) is 29.2 Å². The van der Waals surface area contributed by atoms with E-state index in [-0.39, 0.29) is 6.54 Å². The summed E-state index contributed by atoms with van der Waals surface area (Å²) < 4.78 is 0. The molecule has 1 fully saturated rings. The standard InChI is InChI=1S/C13H18N2O2.C2H6/c16-13(17)11-15-8-6-14(7-9-15)10-12-4-2-1-3-5-12;1-2/h1-5H,6-11H2,(H,16,17);1-2H3. The summed E-state index contributed by atoms with van der Waals surface area (Å²) >= 11 is 0. The number of aliphatic carboxylic acids is 1. The summed E-state index contributed by atoms with van der Waals surface area (Å²) in [6.45, 7) is 8.71. The maximum atomic E-state index is 10.6. The molecule has 4 heteroatoms. The van der Waals surface area contributed by atoms with Gasteiger partial charge in [0.05, 0.1) is 6.54 Å². The van der Waals surface area contributed by atoms with E-state index in [1.165, 1.54) is 5.56 Å². The van der Waals surface area contributed by atoms with Crippen molar-refractivity contribution in [1.29, 1.82) is 0 Å². The molecule has 0 spiro atoms. The Kier molecular flexibility index (Phi) is 7.15. The number of hydrogen-bond acceptors (Lipinski definition) is 3. The molecule has 4 nitrogen and oxygen atoms in total. The molecule has 1 N–H and O–H groups in total. The van der Waals surface area contributed by atoms with Crippen molar-refractivity contribution in [2.24, 2.45) is 0 Å². The third-order valence-electron chi connectivity index (χ3n) is 3.07. The van der Waals surface area contributed by atoms with Crippen LogP contribution < -0.4 is 0 Å². The Morgan fingerprint density at radius 3 is 2.11 bits per heavy atom. The van der Waals surface area contributed by atoms with Crippen LogP contribution in [-0.4, -0.2) is 53.6 Å². The molecule has 1 aromatic rings. The smallest absolute Gasteiger partial charge is 0.317 e. The number of piperazine rings is 1. The van der Waals surface area contributed by atoms with Gasteiger partial charge in [-0.25, -0.2) is 0 Å². The zero-order valence-electron chi connectivity index (χ0n) is 11.9. The molecule has 0 aromatic heterocycles. The molecule has 1 aliphatic rings. The maximum absolute atomic E-state index is 10.6. The van der Waals surface area contributed by atoms with Crippen LogP contribution in [0, 0.1) is 0 Å². The van der Waals surface area contributed by atoms with Crippen molar-refractivity contribution in [3.8, 4) is 0 Å². The van der Waals surface area contributed by atoms with E-state index in [4.69, 9.17) is 5.11 Å². The monoisotopic (exact) mass is 264 g/mol. The highest BCUT2D eigenvalue weighted by Crippen LogP contribution is 2.07. The van der Waals surface area contributed by atoms with Crippen molar-refractivity contribution in [1.82, 2.24) is 9.80 Å². The van der Waals surface area contributed by atoms with E-state index in [1.54, 1.807) is 0 Å². The summed E-state index contributed by atoms with van der Waals surface area (Å²) in [5.74, 6) is -0.735. The van der Waals surface area contributed by atoms with Crippen LogP contribution in [0.3, 0.4) is 0 Å². The molecule has 1 aromatic carbocycles. The van der Waals surface area contributed by atoms with E-state index in [9.17, 15) is 4.79 Å². The van der Waals surface area contributed by atoms with E-state index in [0.29, 0.717) is 0 Å². The lowest BCUT2D eigenvalue weighted by molar-refractivity contribution is -0.138. The summed E-state index contributed by atoms with van der Waals surface area (Å²) in [4.78, 5) is 14.9. The van der Waals surface area contributed by atoms with Gasteiger partial charge in [-0.15, -0.1) is 0 Å². The van der Waals surface area contributed by atoms with Gasteiger partial charge < -0.3 is 5.11 Å². The Morgan fingerprint density at radius 1 is 1.05 bits per heavy atom. The zero-order chi connectivity index (χ0) is 14.1. The summed E-state index contributed by atoms with van der Waals surface area (Å²) in [5.41, 5.74) is 1.32. The zero-order valence-corrected chi connectivity index (χ0v) is 11.9. The predicted molar refractivity (Wildman–Crippen MR) is 77.1 cm³/mol. The van der Waals surface area contributed by atoms with Crippen molar-refractivity contribution in [3.05, 3.63) is 35.9 Å². The van der Waals surface area contributed by atoms with E-state index >= 15 is 0 Å². The van der Waals surface area contributed by atoms with Gasteiger partial charge in [0, 0.05) is 32.7 Å². The Balaban J connectivity index is 0.000000861. The lowest BCUT2D eigenvalue weighted by Crippen LogP contribution is -2.47. The second-order valence-electron chi connectivity index (χ2n) is 4.43. The molecule has 0 aliphatic carbocycles. The van der Waals surface area contributed by atoms with Gasteiger partial charge in [0.2, 0.25) is 0 Å². The van der Waals surface area contributed by atoms with Crippen LogP contribution >= 0.6 is 0 Å². The van der Waals surface area contributed by atoms with Crippen molar-refractivity contribution in [3.63, 3.8) is 0 Å². The number of nitrogens with zero attached hydrogens (tertiary/aromatic N) is 2. The quantitative estimate of drug-likeness (QED) is 0.902. The number of carboxylic acid groups (broad SMARTS) is 1. The molecule has 0 bridgehead atoms. The third kappa shape index (κ3) is 5.85. The van der Waals surface area contributed by atoms with E-state index in [0.717, 1.165) is 32.7 Å². The van der Waals surface area contributed by atoms with Crippen molar-refractivity contribution < 1.29 is 9.90 Å². The highest BCUT2D eigenvalue weighted by atomic mass is 16.4. The van der Waals surface area contributed by atoms with Gasteiger partial charge in [0.15, 0.2) is 0 Å². The predicted octanol–water partition coefficient (Wildman–Crippen LogP) is 1.91. The lowest BCUT2D eigenvalue weighted by atomic mass is 10.2. The van der Waals surface area contributed by atoms with Crippen LogP contribution in [-0.2, 0) is 11.3 Å². The molecule has 1 saturated heterocycles. The van der Waals surface area contributed by atoms with Crippen LogP contribution in [0.15, 0.2) is 30.3 Å². The largest absolute Gasteiger partial charge is 0.480 e. The number of carboxylic acids is 1. The lowest BCUT2D eigenvalue weighted by Gasteiger charge is -2.33. The second kappa shape index (κ2) is 8.67. The maximum Gasteiger partial charge on any atom is 0.317 e. The van der Waals surface area contributed by atoms with Crippen molar-refractivity contribution >= 4 is 5.97 Å². The fourth-order valence-corrected chi connectivity index (χ4v) is 2.14. The molecule has 0 amide bonds. The molecule has 106 valence electrons. The Morgan fingerprint density at radius 2 is 1.58 bits per heavy atom. The molecule has 19 heavy (non-hydrogen) atoms. The number of rotatable bonds is 4. The summed E-state index contributed by atoms with van der Waals surface area (Å²) in [5, 5.41) is 8.71. The number of benzene rings is 1. The van der Waals surface area contributed by atoms with Crippen LogP contribution in [0.25, 0.3) is 0 Å². The summed E-state index contributed by atoms with van der Waals surface area (Å²) in [7, 11) is 0. The molecular formula is C15H24N2O2. The van der Waals surface area contributed by atoms with Crippen LogP contribution in [0.2, 0.25) is 0 Å². The topological polar surface area (TPSA) is 43.8 Å². The molecule has 2 rings (SSSR count). The molecule has 0 unspecified atom stereocenters. The van der Waals surface area contributed by atoms with E-state index in [1.807, 2.05) is 24.8 Å². The summed E-state index contributed by atoms with van der Waals surface area (Å²) in [6.07, 6.45) is 0. The summed E-state index contributed by atoms with van der Waals surface area (Å²) in [6, 6.07) is 10.4. The molecule has 0 atom stereocenters. The average molecular weight is 264 g/mol. The van der Waals surface area contributed by atoms with E-state index < -0.39 is 5.97 Å². The fraction of sp³-hybridized carbons (Fsp3) is 0.533. The van der Waals surface area contributed by atoms with Gasteiger partial charge in [-0.3, -0.25) is 14.6 Å². The van der Waals surface area contributed by atoms with Crippen molar-refractivity contribution in [2.45, 2.75) is 20.4 Å². The van der Waals surface area contributed by atoms with Gasteiger partial charge in [0.1, 0.15) is 0 Å². The van der Waals surface area contributed by atoms with Crippen molar-refractivity contribution in [2.75, 3.05) is 32.7 Å². The van der Waals surface area contributed by atoms with Gasteiger partial charge in [-0.05, 0) is 5.56 Å². The highest BCUT2D eigenvalue weighted by Gasteiger charge is 2.18. The number of carbonyl (C=O) groups is 1. The number of hydrogen-bond donors (Lipinski definition) is 1. The molecule has 0 radical (unpaired) electrons. The fourth-order valence-electron chi connectivity index (χ4n) is 2.14. The Labute approximate surface area is 115 Å². The molecular weight excluding hydrogens is 240 g/mol. The first-order valence-corrected chi connectivity index (χ1v) is 6.94. The van der Waals surface area contributed by atoms with Gasteiger partial charge >= 0.3 is 5.97 Å². The third-order valence-corrected chi connectivity index (χ3v) is 3.07.